The van der Waals surface area contributed by atoms with Crippen molar-refractivity contribution in [1.82, 2.24) is 4.90 Å². The van der Waals surface area contributed by atoms with Crippen LogP contribution >= 0.6 is 0 Å². The Hall–Kier alpha value is -1.60. The van der Waals surface area contributed by atoms with E-state index in [2.05, 4.69) is 93.3 Å². The first-order chi connectivity index (χ1) is 11.7. The summed E-state index contributed by atoms with van der Waals surface area (Å²) in [6.07, 6.45) is 4.94. The molecule has 2 aromatic carbocycles. The van der Waals surface area contributed by atoms with Crippen molar-refractivity contribution >= 4 is 0 Å². The van der Waals surface area contributed by atoms with Crippen LogP contribution in [0.2, 0.25) is 0 Å². The normalized spacial score (nSPS) is 14.1. The molecule has 0 aliphatic carbocycles. The predicted molar refractivity (Wildman–Crippen MR) is 105 cm³/mol. The molecule has 0 saturated carbocycles. The molecular formula is C23H33N. The summed E-state index contributed by atoms with van der Waals surface area (Å²) in [5, 5.41) is 0. The molecule has 0 saturated heterocycles. The van der Waals surface area contributed by atoms with Crippen LogP contribution in [0.15, 0.2) is 60.7 Å². The molecule has 0 aliphatic rings. The Balaban J connectivity index is 2.48. The Kier molecular flexibility index (Phi) is 7.52. The summed E-state index contributed by atoms with van der Waals surface area (Å²) in [5.74, 6) is 0. The highest BCUT2D eigenvalue weighted by Gasteiger charge is 2.29. The van der Waals surface area contributed by atoms with Crippen molar-refractivity contribution in [1.29, 1.82) is 0 Å². The first kappa shape index (κ1) is 18.7. The fourth-order valence-corrected chi connectivity index (χ4v) is 3.88. The average Bonchev–Trinajstić information content (AvgIpc) is 2.61. The molecule has 1 nitrogen and oxygen atoms in total. The van der Waals surface area contributed by atoms with E-state index in [9.17, 15) is 0 Å². The fourth-order valence-electron chi connectivity index (χ4n) is 3.88. The first-order valence-electron chi connectivity index (χ1n) is 9.56. The van der Waals surface area contributed by atoms with Gasteiger partial charge >= 0.3 is 0 Å². The summed E-state index contributed by atoms with van der Waals surface area (Å²) in [6, 6.07) is 23.5. The molecule has 2 atom stereocenters. The van der Waals surface area contributed by atoms with Crippen molar-refractivity contribution in [3.05, 3.63) is 71.8 Å². The molecule has 0 N–H and O–H groups in total. The number of hydrogen-bond acceptors (Lipinski definition) is 1. The molecule has 0 fully saturated rings. The van der Waals surface area contributed by atoms with Gasteiger partial charge in [0.15, 0.2) is 0 Å². The summed E-state index contributed by atoms with van der Waals surface area (Å²) in [7, 11) is 0. The van der Waals surface area contributed by atoms with Gasteiger partial charge in [-0.2, -0.15) is 0 Å². The van der Waals surface area contributed by atoms with Gasteiger partial charge in [0.05, 0.1) is 6.04 Å². The van der Waals surface area contributed by atoms with Gasteiger partial charge < -0.3 is 0 Å². The number of nitrogens with zero attached hydrogens (tertiary/aromatic N) is 1. The van der Waals surface area contributed by atoms with Gasteiger partial charge in [0, 0.05) is 12.1 Å². The van der Waals surface area contributed by atoms with Crippen molar-refractivity contribution in [3.8, 4) is 0 Å². The summed E-state index contributed by atoms with van der Waals surface area (Å²) >= 11 is 0. The third-order valence-electron chi connectivity index (χ3n) is 4.96. The molecule has 0 amide bonds. The second kappa shape index (κ2) is 9.64. The Labute approximate surface area is 148 Å². The van der Waals surface area contributed by atoms with E-state index in [0.717, 1.165) is 0 Å². The highest BCUT2D eigenvalue weighted by Crippen LogP contribution is 2.34. The lowest BCUT2D eigenvalue weighted by molar-refractivity contribution is 0.102. The summed E-state index contributed by atoms with van der Waals surface area (Å²) in [5.41, 5.74) is 2.80. The fraction of sp³-hybridized carbons (Fsp3) is 0.478. The largest absolute Gasteiger partial charge is 0.287 e. The van der Waals surface area contributed by atoms with Gasteiger partial charge in [-0.1, -0.05) is 87.4 Å². The number of hydrogen-bond donors (Lipinski definition) is 0. The van der Waals surface area contributed by atoms with Crippen LogP contribution in [0.1, 0.15) is 70.5 Å². The van der Waals surface area contributed by atoms with E-state index in [-0.39, 0.29) is 0 Å². The molecule has 0 heterocycles. The topological polar surface area (TPSA) is 3.24 Å². The quantitative estimate of drug-likeness (QED) is 0.512. The summed E-state index contributed by atoms with van der Waals surface area (Å²) < 4.78 is 0. The van der Waals surface area contributed by atoms with Crippen molar-refractivity contribution in [2.75, 3.05) is 0 Å². The van der Waals surface area contributed by atoms with Crippen LogP contribution in [0.5, 0.6) is 0 Å². The van der Waals surface area contributed by atoms with E-state index in [1.807, 2.05) is 0 Å². The Morgan fingerprint density at radius 1 is 0.667 bits per heavy atom. The maximum Gasteiger partial charge on any atom is 0.0606 e. The van der Waals surface area contributed by atoms with Crippen molar-refractivity contribution in [2.24, 2.45) is 0 Å². The maximum atomic E-state index is 2.75. The zero-order chi connectivity index (χ0) is 17.4. The van der Waals surface area contributed by atoms with Gasteiger partial charge in [0.2, 0.25) is 0 Å². The van der Waals surface area contributed by atoms with E-state index in [4.69, 9.17) is 0 Å². The molecule has 0 spiro atoms. The van der Waals surface area contributed by atoms with Gasteiger partial charge in [-0.05, 0) is 37.8 Å². The Morgan fingerprint density at radius 3 is 1.38 bits per heavy atom. The second-order valence-corrected chi connectivity index (χ2v) is 6.95. The monoisotopic (exact) mass is 323 g/mol. The van der Waals surface area contributed by atoms with Gasteiger partial charge in [-0.3, -0.25) is 4.90 Å². The average molecular weight is 324 g/mol. The van der Waals surface area contributed by atoms with Crippen LogP contribution in [0.3, 0.4) is 0 Å². The molecule has 0 aromatic heterocycles. The van der Waals surface area contributed by atoms with E-state index >= 15 is 0 Å². The van der Waals surface area contributed by atoms with Gasteiger partial charge in [-0.25, -0.2) is 0 Å². The number of rotatable bonds is 9. The molecule has 0 radical (unpaired) electrons. The third-order valence-corrected chi connectivity index (χ3v) is 4.96. The smallest absolute Gasteiger partial charge is 0.0606 e. The molecule has 2 aromatic rings. The zero-order valence-electron chi connectivity index (χ0n) is 15.8. The van der Waals surface area contributed by atoms with E-state index in [0.29, 0.717) is 18.1 Å². The van der Waals surface area contributed by atoms with Crippen molar-refractivity contribution in [2.45, 2.75) is 71.5 Å². The predicted octanol–water partition coefficient (Wildman–Crippen LogP) is 6.46. The van der Waals surface area contributed by atoms with E-state index in [1.54, 1.807) is 0 Å². The maximum absolute atomic E-state index is 2.75. The van der Waals surface area contributed by atoms with Crippen LogP contribution in [-0.4, -0.2) is 17.0 Å². The van der Waals surface area contributed by atoms with Gasteiger partial charge in [0.25, 0.3) is 0 Å². The van der Waals surface area contributed by atoms with Crippen LogP contribution in [0.4, 0.5) is 0 Å². The minimum atomic E-state index is 0.329. The SMILES string of the molecule is CCCC(C)N(C(C)CCC)C(c1ccccc1)c1ccccc1. The molecular weight excluding hydrogens is 290 g/mol. The number of benzene rings is 2. The zero-order valence-corrected chi connectivity index (χ0v) is 15.8. The standard InChI is InChI=1S/C23H33N/c1-5-13-19(3)24(20(4)14-6-2)23(21-15-9-7-10-16-21)22-17-11-8-12-18-22/h7-12,15-20,23H,5-6,13-14H2,1-4H3. The minimum Gasteiger partial charge on any atom is -0.287 e. The molecule has 0 aliphatic heterocycles. The highest BCUT2D eigenvalue weighted by molar-refractivity contribution is 5.32. The molecule has 2 unspecified atom stereocenters. The lowest BCUT2D eigenvalue weighted by Gasteiger charge is -2.41. The van der Waals surface area contributed by atoms with Crippen LogP contribution in [-0.2, 0) is 0 Å². The minimum absolute atomic E-state index is 0.329. The molecule has 130 valence electrons. The Morgan fingerprint density at radius 2 is 1.04 bits per heavy atom. The van der Waals surface area contributed by atoms with Crippen LogP contribution < -0.4 is 0 Å². The summed E-state index contributed by atoms with van der Waals surface area (Å²) in [4.78, 5) is 2.75. The van der Waals surface area contributed by atoms with E-state index < -0.39 is 0 Å². The van der Waals surface area contributed by atoms with Gasteiger partial charge in [0.1, 0.15) is 0 Å². The second-order valence-electron chi connectivity index (χ2n) is 6.95. The first-order valence-corrected chi connectivity index (χ1v) is 9.56. The Bertz CT molecular complexity index is 512. The lowest BCUT2D eigenvalue weighted by Crippen LogP contribution is -2.43. The third kappa shape index (κ3) is 4.70. The molecule has 2 rings (SSSR count). The van der Waals surface area contributed by atoms with E-state index in [1.165, 1.54) is 36.8 Å². The molecule has 24 heavy (non-hydrogen) atoms. The molecule has 0 bridgehead atoms. The van der Waals surface area contributed by atoms with Crippen molar-refractivity contribution in [3.63, 3.8) is 0 Å². The molecule has 1 heteroatoms. The van der Waals surface area contributed by atoms with Crippen molar-refractivity contribution < 1.29 is 0 Å². The van der Waals surface area contributed by atoms with Gasteiger partial charge in [-0.15, -0.1) is 0 Å². The lowest BCUT2D eigenvalue weighted by atomic mass is 9.92. The highest BCUT2D eigenvalue weighted by atomic mass is 15.2. The van der Waals surface area contributed by atoms with Crippen LogP contribution in [0.25, 0.3) is 0 Å². The summed E-state index contributed by atoms with van der Waals surface area (Å²) in [6.45, 7) is 9.38. The van der Waals surface area contributed by atoms with Crippen LogP contribution in [0, 0.1) is 0 Å².